The van der Waals surface area contributed by atoms with Crippen LogP contribution in [0.2, 0.25) is 0 Å². The zero-order chi connectivity index (χ0) is 9.97. The lowest BCUT2D eigenvalue weighted by molar-refractivity contribution is 0.292. The van der Waals surface area contributed by atoms with Crippen LogP contribution in [0.5, 0.6) is 5.06 Å². The summed E-state index contributed by atoms with van der Waals surface area (Å²) in [5, 5.41) is 19.7. The average molecular weight is 226 g/mol. The topological polar surface area (TPSA) is 49.7 Å². The van der Waals surface area contributed by atoms with Gasteiger partial charge in [0, 0.05) is 9.75 Å². The molecular weight excluding hydrogens is 219 g/mol. The zero-order valence-corrected chi connectivity index (χ0v) is 8.72. The van der Waals surface area contributed by atoms with E-state index in [-0.39, 0.29) is 0 Å². The SMILES string of the molecule is OB(O)Oc1ccc(-c2cccs2)s1. The first-order valence-corrected chi connectivity index (χ1v) is 5.62. The van der Waals surface area contributed by atoms with Gasteiger partial charge in [0.05, 0.1) is 0 Å². The van der Waals surface area contributed by atoms with Crippen LogP contribution in [0.1, 0.15) is 0 Å². The van der Waals surface area contributed by atoms with Crippen molar-refractivity contribution in [3.63, 3.8) is 0 Å². The third-order valence-electron chi connectivity index (χ3n) is 1.57. The molecule has 0 saturated heterocycles. The predicted octanol–water partition coefficient (Wildman–Crippen LogP) is 1.82. The first-order chi connectivity index (χ1) is 6.75. The molecule has 0 bridgehead atoms. The Hall–Kier alpha value is -0.815. The number of hydrogen-bond donors (Lipinski definition) is 2. The lowest BCUT2D eigenvalue weighted by Gasteiger charge is -1.98. The summed E-state index contributed by atoms with van der Waals surface area (Å²) in [6, 6.07) is 7.60. The van der Waals surface area contributed by atoms with E-state index in [0.29, 0.717) is 5.06 Å². The summed E-state index contributed by atoms with van der Waals surface area (Å²) in [4.78, 5) is 2.22. The van der Waals surface area contributed by atoms with Gasteiger partial charge in [0.25, 0.3) is 0 Å². The number of thiophene rings is 2. The fraction of sp³-hybridized carbons (Fsp3) is 0. The monoisotopic (exact) mass is 226 g/mol. The molecule has 14 heavy (non-hydrogen) atoms. The molecule has 2 heterocycles. The largest absolute Gasteiger partial charge is 0.708 e. The standard InChI is InChI=1S/C8H7BO3S2/c10-9(11)12-8-4-3-7(14-8)6-2-1-5-13-6/h1-5,10-11H. The van der Waals surface area contributed by atoms with Crippen LogP contribution in [-0.4, -0.2) is 17.4 Å². The first kappa shape index (κ1) is 9.73. The maximum absolute atomic E-state index is 8.59. The van der Waals surface area contributed by atoms with Crippen LogP contribution in [0.3, 0.4) is 0 Å². The zero-order valence-electron chi connectivity index (χ0n) is 7.08. The van der Waals surface area contributed by atoms with Crippen LogP contribution in [0.25, 0.3) is 9.75 Å². The Morgan fingerprint density at radius 2 is 2.00 bits per heavy atom. The van der Waals surface area contributed by atoms with E-state index in [2.05, 4.69) is 0 Å². The van der Waals surface area contributed by atoms with Gasteiger partial charge >= 0.3 is 7.32 Å². The van der Waals surface area contributed by atoms with Crippen molar-refractivity contribution in [1.29, 1.82) is 0 Å². The van der Waals surface area contributed by atoms with Gasteiger partial charge in [-0.3, -0.25) is 0 Å². The molecule has 0 aliphatic rings. The van der Waals surface area contributed by atoms with Crippen molar-refractivity contribution in [2.75, 3.05) is 0 Å². The highest BCUT2D eigenvalue weighted by Crippen LogP contribution is 2.35. The fourth-order valence-corrected chi connectivity index (χ4v) is 2.74. The molecule has 0 fully saturated rings. The number of hydrogen-bond acceptors (Lipinski definition) is 5. The van der Waals surface area contributed by atoms with Crippen LogP contribution in [0.15, 0.2) is 29.6 Å². The van der Waals surface area contributed by atoms with Crippen LogP contribution < -0.4 is 4.65 Å². The molecule has 0 amide bonds. The van der Waals surface area contributed by atoms with E-state index in [1.165, 1.54) is 11.3 Å². The summed E-state index contributed by atoms with van der Waals surface area (Å²) in [6.07, 6.45) is 0. The van der Waals surface area contributed by atoms with Gasteiger partial charge in [0.2, 0.25) is 0 Å². The molecule has 72 valence electrons. The Balaban J connectivity index is 2.18. The van der Waals surface area contributed by atoms with Gasteiger partial charge < -0.3 is 14.7 Å². The highest BCUT2D eigenvalue weighted by Gasteiger charge is 2.13. The van der Waals surface area contributed by atoms with Gasteiger partial charge in [-0.2, -0.15) is 0 Å². The second-order valence-electron chi connectivity index (χ2n) is 2.54. The summed E-state index contributed by atoms with van der Waals surface area (Å²) in [5.74, 6) is 0. The molecule has 0 saturated carbocycles. The lowest BCUT2D eigenvalue weighted by atomic mass is 10.3. The van der Waals surface area contributed by atoms with Crippen LogP contribution >= 0.6 is 22.7 Å². The molecule has 0 atom stereocenters. The first-order valence-electron chi connectivity index (χ1n) is 3.92. The molecule has 2 aromatic heterocycles. The van der Waals surface area contributed by atoms with E-state index in [9.17, 15) is 0 Å². The number of rotatable bonds is 3. The molecule has 0 unspecified atom stereocenters. The Kier molecular flexibility index (Phi) is 2.88. The quantitative estimate of drug-likeness (QED) is 0.785. The summed E-state index contributed by atoms with van der Waals surface area (Å²) in [7, 11) is -1.75. The third kappa shape index (κ3) is 2.16. The minimum absolute atomic E-state index is 0.503. The molecule has 0 aliphatic carbocycles. The Morgan fingerprint density at radius 3 is 2.64 bits per heavy atom. The van der Waals surface area contributed by atoms with Crippen LogP contribution in [0.4, 0.5) is 0 Å². The molecule has 2 rings (SSSR count). The predicted molar refractivity (Wildman–Crippen MR) is 58.5 cm³/mol. The highest BCUT2D eigenvalue weighted by molar-refractivity contribution is 7.22. The summed E-state index contributed by atoms with van der Waals surface area (Å²) in [5.41, 5.74) is 0. The normalized spacial score (nSPS) is 10.1. The molecular formula is C8H7BO3S2. The van der Waals surface area contributed by atoms with E-state index >= 15 is 0 Å². The molecule has 0 radical (unpaired) electrons. The van der Waals surface area contributed by atoms with Crippen molar-refractivity contribution in [2.45, 2.75) is 0 Å². The van der Waals surface area contributed by atoms with Crippen molar-refractivity contribution in [1.82, 2.24) is 0 Å². The van der Waals surface area contributed by atoms with E-state index < -0.39 is 7.32 Å². The summed E-state index contributed by atoms with van der Waals surface area (Å²) in [6.45, 7) is 0. The Morgan fingerprint density at radius 1 is 1.14 bits per heavy atom. The molecule has 0 aliphatic heterocycles. The molecule has 2 aromatic rings. The minimum atomic E-state index is -1.75. The molecule has 0 spiro atoms. The molecule has 3 nitrogen and oxygen atoms in total. The van der Waals surface area contributed by atoms with Crippen LogP contribution in [0, 0.1) is 0 Å². The van der Waals surface area contributed by atoms with Gasteiger partial charge in [0.15, 0.2) is 5.06 Å². The Bertz CT molecular complexity index is 396. The van der Waals surface area contributed by atoms with Gasteiger partial charge in [-0.15, -0.1) is 11.3 Å². The van der Waals surface area contributed by atoms with Crippen molar-refractivity contribution in [3.05, 3.63) is 29.6 Å². The smallest absolute Gasteiger partial charge is 0.504 e. The van der Waals surface area contributed by atoms with Crippen molar-refractivity contribution in [2.24, 2.45) is 0 Å². The van der Waals surface area contributed by atoms with E-state index in [1.54, 1.807) is 17.4 Å². The minimum Gasteiger partial charge on any atom is -0.504 e. The van der Waals surface area contributed by atoms with Gasteiger partial charge in [-0.1, -0.05) is 17.4 Å². The lowest BCUT2D eigenvalue weighted by Crippen LogP contribution is -2.19. The van der Waals surface area contributed by atoms with Crippen molar-refractivity contribution < 1.29 is 14.7 Å². The highest BCUT2D eigenvalue weighted by atomic mass is 32.1. The second kappa shape index (κ2) is 4.14. The summed E-state index contributed by atoms with van der Waals surface area (Å²) < 4.78 is 4.73. The molecule has 6 heteroatoms. The van der Waals surface area contributed by atoms with Crippen molar-refractivity contribution >= 4 is 30.0 Å². The summed E-state index contributed by atoms with van der Waals surface area (Å²) >= 11 is 3.03. The van der Waals surface area contributed by atoms with E-state index in [4.69, 9.17) is 14.7 Å². The maximum atomic E-state index is 8.59. The van der Waals surface area contributed by atoms with Crippen molar-refractivity contribution in [3.8, 4) is 14.8 Å². The molecule has 0 aromatic carbocycles. The van der Waals surface area contributed by atoms with Gasteiger partial charge in [-0.25, -0.2) is 0 Å². The van der Waals surface area contributed by atoms with Crippen LogP contribution in [-0.2, 0) is 0 Å². The van der Waals surface area contributed by atoms with E-state index in [0.717, 1.165) is 9.75 Å². The Labute approximate surface area is 89.4 Å². The average Bonchev–Trinajstić information content (AvgIpc) is 2.69. The van der Waals surface area contributed by atoms with Gasteiger partial charge in [0.1, 0.15) is 0 Å². The fourth-order valence-electron chi connectivity index (χ4n) is 1.04. The molecule has 2 N–H and O–H groups in total. The second-order valence-corrected chi connectivity index (χ2v) is 4.53. The maximum Gasteiger partial charge on any atom is 0.708 e. The third-order valence-corrected chi connectivity index (χ3v) is 3.61. The van der Waals surface area contributed by atoms with E-state index in [1.807, 2.05) is 23.6 Å². The van der Waals surface area contributed by atoms with Gasteiger partial charge in [-0.05, 0) is 23.6 Å².